The normalized spacial score (nSPS) is 11.4. The van der Waals surface area contributed by atoms with E-state index in [4.69, 9.17) is 14.5 Å². The zero-order chi connectivity index (χ0) is 16.4. The Labute approximate surface area is 134 Å². The summed E-state index contributed by atoms with van der Waals surface area (Å²) in [5, 5.41) is 9.00. The number of carboxylic acids is 1. The van der Waals surface area contributed by atoms with Crippen LogP contribution in [0.1, 0.15) is 54.7 Å². The molecule has 0 atom stereocenters. The molecule has 0 fully saturated rings. The Morgan fingerprint density at radius 3 is 2.61 bits per heavy atom. The molecule has 0 aliphatic rings. The number of aromatic carboxylic acids is 1. The highest BCUT2D eigenvalue weighted by Gasteiger charge is 2.19. The van der Waals surface area contributed by atoms with Crippen molar-refractivity contribution in [2.45, 2.75) is 39.2 Å². The smallest absolute Gasteiger partial charge is 0.371 e. The number of para-hydroxylation sites is 2. The van der Waals surface area contributed by atoms with Crippen molar-refractivity contribution < 1.29 is 14.3 Å². The number of fused-ring (bicyclic) bond motifs is 1. The fourth-order valence-electron chi connectivity index (χ4n) is 2.96. The number of nitrogens with zero attached hydrogens (tertiary/aromatic N) is 2. The number of hydrogen-bond acceptors (Lipinski definition) is 3. The van der Waals surface area contributed by atoms with Gasteiger partial charge in [0.15, 0.2) is 0 Å². The number of carboxylic acid groups (broad SMARTS) is 1. The molecule has 2 aromatic heterocycles. The number of benzene rings is 1. The first-order chi connectivity index (χ1) is 11.1. The quantitative estimate of drug-likeness (QED) is 0.737. The molecule has 2 heterocycles. The summed E-state index contributed by atoms with van der Waals surface area (Å²) in [6, 6.07) is 11.2. The SMILES string of the molecule is CCC(CC)c1nc2ccccc2n1Cc1ccc(C(=O)O)o1. The van der Waals surface area contributed by atoms with Crippen molar-refractivity contribution in [3.8, 4) is 0 Å². The monoisotopic (exact) mass is 312 g/mol. The molecule has 120 valence electrons. The fourth-order valence-corrected chi connectivity index (χ4v) is 2.96. The summed E-state index contributed by atoms with van der Waals surface area (Å²) in [4.78, 5) is 15.8. The van der Waals surface area contributed by atoms with E-state index in [9.17, 15) is 4.79 Å². The van der Waals surface area contributed by atoms with E-state index < -0.39 is 5.97 Å². The highest BCUT2D eigenvalue weighted by Crippen LogP contribution is 2.27. The van der Waals surface area contributed by atoms with E-state index >= 15 is 0 Å². The second-order valence-electron chi connectivity index (χ2n) is 5.63. The van der Waals surface area contributed by atoms with Gasteiger partial charge in [0.2, 0.25) is 5.76 Å². The van der Waals surface area contributed by atoms with Crippen LogP contribution in [0.15, 0.2) is 40.8 Å². The first-order valence-corrected chi connectivity index (χ1v) is 7.91. The van der Waals surface area contributed by atoms with E-state index in [1.165, 1.54) is 6.07 Å². The molecule has 1 N–H and O–H groups in total. The van der Waals surface area contributed by atoms with Gasteiger partial charge in [-0.05, 0) is 37.1 Å². The van der Waals surface area contributed by atoms with Gasteiger partial charge in [-0.2, -0.15) is 0 Å². The summed E-state index contributed by atoms with van der Waals surface area (Å²) in [5.41, 5.74) is 2.00. The molecule has 0 saturated heterocycles. The molecular weight excluding hydrogens is 292 g/mol. The number of rotatable bonds is 6. The third-order valence-corrected chi connectivity index (χ3v) is 4.22. The van der Waals surface area contributed by atoms with E-state index in [1.54, 1.807) is 6.07 Å². The van der Waals surface area contributed by atoms with Gasteiger partial charge in [-0.15, -0.1) is 0 Å². The van der Waals surface area contributed by atoms with E-state index in [-0.39, 0.29) is 5.76 Å². The van der Waals surface area contributed by atoms with E-state index in [2.05, 4.69) is 18.4 Å². The first kappa shape index (κ1) is 15.3. The lowest BCUT2D eigenvalue weighted by Crippen LogP contribution is -2.09. The summed E-state index contributed by atoms with van der Waals surface area (Å²) in [6.45, 7) is 4.81. The molecule has 0 aliphatic heterocycles. The van der Waals surface area contributed by atoms with Crippen LogP contribution in [0, 0.1) is 0 Å². The van der Waals surface area contributed by atoms with Crippen molar-refractivity contribution >= 4 is 17.0 Å². The van der Waals surface area contributed by atoms with Crippen molar-refractivity contribution in [2.75, 3.05) is 0 Å². The molecule has 0 spiro atoms. The van der Waals surface area contributed by atoms with Gasteiger partial charge in [0, 0.05) is 5.92 Å². The Hall–Kier alpha value is -2.56. The van der Waals surface area contributed by atoms with Gasteiger partial charge in [0.25, 0.3) is 0 Å². The molecule has 0 amide bonds. The third-order valence-electron chi connectivity index (χ3n) is 4.22. The van der Waals surface area contributed by atoms with Gasteiger partial charge >= 0.3 is 5.97 Å². The molecule has 23 heavy (non-hydrogen) atoms. The van der Waals surface area contributed by atoms with Crippen LogP contribution in [-0.2, 0) is 6.54 Å². The molecule has 0 unspecified atom stereocenters. The molecule has 0 radical (unpaired) electrons. The van der Waals surface area contributed by atoms with Crippen LogP contribution in [0.3, 0.4) is 0 Å². The molecule has 1 aromatic carbocycles. The minimum absolute atomic E-state index is 0.0338. The lowest BCUT2D eigenvalue weighted by molar-refractivity contribution is 0.0660. The highest BCUT2D eigenvalue weighted by atomic mass is 16.4. The standard InChI is InChI=1S/C18H20N2O3/c1-3-12(4-2)17-19-14-7-5-6-8-15(14)20(17)11-13-9-10-16(23-13)18(21)22/h5-10,12H,3-4,11H2,1-2H3,(H,21,22). The predicted molar refractivity (Wildman–Crippen MR) is 87.8 cm³/mol. The van der Waals surface area contributed by atoms with Crippen molar-refractivity contribution in [1.29, 1.82) is 0 Å². The zero-order valence-electron chi connectivity index (χ0n) is 13.3. The summed E-state index contributed by atoms with van der Waals surface area (Å²) in [5.74, 6) is 0.944. The van der Waals surface area contributed by atoms with E-state index in [1.807, 2.05) is 24.3 Å². The van der Waals surface area contributed by atoms with E-state index in [0.717, 1.165) is 29.7 Å². The summed E-state index contributed by atoms with van der Waals surface area (Å²) >= 11 is 0. The summed E-state index contributed by atoms with van der Waals surface area (Å²) < 4.78 is 7.56. The first-order valence-electron chi connectivity index (χ1n) is 7.91. The molecule has 3 aromatic rings. The molecule has 0 saturated carbocycles. The Morgan fingerprint density at radius 2 is 1.96 bits per heavy atom. The largest absolute Gasteiger partial charge is 0.475 e. The number of furan rings is 1. The minimum atomic E-state index is -1.05. The third kappa shape index (κ3) is 2.86. The molecule has 5 heteroatoms. The second-order valence-corrected chi connectivity index (χ2v) is 5.63. The van der Waals surface area contributed by atoms with Gasteiger partial charge in [0.1, 0.15) is 11.6 Å². The zero-order valence-corrected chi connectivity index (χ0v) is 13.3. The average Bonchev–Trinajstić information content (AvgIpc) is 3.15. The summed E-state index contributed by atoms with van der Waals surface area (Å²) in [7, 11) is 0. The van der Waals surface area contributed by atoms with Crippen molar-refractivity contribution in [3.05, 3.63) is 53.7 Å². The van der Waals surface area contributed by atoms with Crippen LogP contribution >= 0.6 is 0 Å². The lowest BCUT2D eigenvalue weighted by atomic mass is 10.0. The van der Waals surface area contributed by atoms with Gasteiger partial charge in [-0.25, -0.2) is 9.78 Å². The van der Waals surface area contributed by atoms with Gasteiger partial charge in [0.05, 0.1) is 17.6 Å². The number of hydrogen-bond donors (Lipinski definition) is 1. The lowest BCUT2D eigenvalue weighted by Gasteiger charge is -2.14. The fraction of sp³-hybridized carbons (Fsp3) is 0.333. The van der Waals surface area contributed by atoms with Crippen LogP contribution in [0.25, 0.3) is 11.0 Å². The average molecular weight is 312 g/mol. The van der Waals surface area contributed by atoms with Crippen molar-refractivity contribution in [2.24, 2.45) is 0 Å². The molecule has 0 aliphatic carbocycles. The molecule has 0 bridgehead atoms. The number of aromatic nitrogens is 2. The Morgan fingerprint density at radius 1 is 1.22 bits per heavy atom. The number of imidazole rings is 1. The van der Waals surface area contributed by atoms with Crippen LogP contribution in [0.5, 0.6) is 0 Å². The van der Waals surface area contributed by atoms with Gasteiger partial charge in [-0.3, -0.25) is 0 Å². The Balaban J connectivity index is 2.06. The van der Waals surface area contributed by atoms with Crippen molar-refractivity contribution in [3.63, 3.8) is 0 Å². The maximum atomic E-state index is 11.0. The van der Waals surface area contributed by atoms with Crippen LogP contribution in [0.2, 0.25) is 0 Å². The van der Waals surface area contributed by atoms with Crippen molar-refractivity contribution in [1.82, 2.24) is 9.55 Å². The Kier molecular flexibility index (Phi) is 4.19. The highest BCUT2D eigenvalue weighted by molar-refractivity contribution is 5.84. The topological polar surface area (TPSA) is 68.3 Å². The number of carbonyl (C=O) groups is 1. The molecule has 5 nitrogen and oxygen atoms in total. The van der Waals surface area contributed by atoms with E-state index in [0.29, 0.717) is 18.2 Å². The maximum absolute atomic E-state index is 11.0. The maximum Gasteiger partial charge on any atom is 0.371 e. The van der Waals surface area contributed by atoms with Gasteiger partial charge < -0.3 is 14.1 Å². The summed E-state index contributed by atoms with van der Waals surface area (Å²) in [6.07, 6.45) is 2.02. The minimum Gasteiger partial charge on any atom is -0.475 e. The van der Waals surface area contributed by atoms with Crippen LogP contribution < -0.4 is 0 Å². The second kappa shape index (κ2) is 6.28. The predicted octanol–water partition coefficient (Wildman–Crippen LogP) is 4.28. The Bertz CT molecular complexity index is 828. The molecule has 3 rings (SSSR count). The van der Waals surface area contributed by atoms with Gasteiger partial charge in [-0.1, -0.05) is 26.0 Å². The molecular formula is C18H20N2O3. The van der Waals surface area contributed by atoms with Crippen LogP contribution in [0.4, 0.5) is 0 Å². The van der Waals surface area contributed by atoms with Crippen LogP contribution in [-0.4, -0.2) is 20.6 Å².